The highest BCUT2D eigenvalue weighted by molar-refractivity contribution is 6.30. The van der Waals surface area contributed by atoms with E-state index in [2.05, 4.69) is 57.3 Å². The van der Waals surface area contributed by atoms with Crippen LogP contribution in [0.25, 0.3) is 11.1 Å². The van der Waals surface area contributed by atoms with Crippen LogP contribution in [0.5, 0.6) is 0 Å². The van der Waals surface area contributed by atoms with Gasteiger partial charge in [0.25, 0.3) is 0 Å². The van der Waals surface area contributed by atoms with Crippen molar-refractivity contribution in [3.05, 3.63) is 57.6 Å². The van der Waals surface area contributed by atoms with Crippen molar-refractivity contribution in [1.29, 1.82) is 0 Å². The summed E-state index contributed by atoms with van der Waals surface area (Å²) in [6.07, 6.45) is 1.14. The monoisotopic (exact) mass is 301 g/mol. The molecule has 0 heterocycles. The van der Waals surface area contributed by atoms with Crippen LogP contribution < -0.4 is 5.32 Å². The van der Waals surface area contributed by atoms with E-state index in [0.29, 0.717) is 0 Å². The Bertz CT molecular complexity index is 632. The summed E-state index contributed by atoms with van der Waals surface area (Å²) in [6, 6.07) is 10.7. The van der Waals surface area contributed by atoms with E-state index in [1.165, 1.54) is 33.4 Å². The maximum Gasteiger partial charge on any atom is 0.0412 e. The van der Waals surface area contributed by atoms with Crippen molar-refractivity contribution in [3.63, 3.8) is 0 Å². The van der Waals surface area contributed by atoms with Gasteiger partial charge in [-0.05, 0) is 79.3 Å². The molecule has 0 fully saturated rings. The highest BCUT2D eigenvalue weighted by Crippen LogP contribution is 2.31. The maximum absolute atomic E-state index is 6.23. The summed E-state index contributed by atoms with van der Waals surface area (Å²) in [5, 5.41) is 4.28. The molecule has 0 aliphatic heterocycles. The quantitative estimate of drug-likeness (QED) is 0.726. The van der Waals surface area contributed by atoms with Gasteiger partial charge in [-0.25, -0.2) is 0 Å². The molecule has 112 valence electrons. The third kappa shape index (κ3) is 3.87. The Kier molecular flexibility index (Phi) is 5.44. The summed E-state index contributed by atoms with van der Waals surface area (Å²) in [5.74, 6) is 0. The Morgan fingerprint density at radius 2 is 1.62 bits per heavy atom. The van der Waals surface area contributed by atoms with Gasteiger partial charge in [-0.15, -0.1) is 0 Å². The highest BCUT2D eigenvalue weighted by Gasteiger charge is 2.10. The van der Waals surface area contributed by atoms with Crippen LogP contribution in [0.2, 0.25) is 5.02 Å². The van der Waals surface area contributed by atoms with Gasteiger partial charge >= 0.3 is 0 Å². The fraction of sp³-hybridized carbons (Fsp3) is 0.368. The van der Waals surface area contributed by atoms with Crippen LogP contribution in [0.3, 0.4) is 0 Å². The van der Waals surface area contributed by atoms with E-state index in [1.807, 2.05) is 6.07 Å². The molecular formula is C19H24ClN. The molecular weight excluding hydrogens is 278 g/mol. The van der Waals surface area contributed by atoms with Crippen molar-refractivity contribution in [3.8, 4) is 11.1 Å². The van der Waals surface area contributed by atoms with E-state index in [1.54, 1.807) is 0 Å². The molecule has 1 nitrogen and oxygen atoms in total. The van der Waals surface area contributed by atoms with Gasteiger partial charge in [0, 0.05) is 11.6 Å². The smallest absolute Gasteiger partial charge is 0.0412 e. The van der Waals surface area contributed by atoms with Crippen molar-refractivity contribution >= 4 is 11.6 Å². The molecule has 0 atom stereocenters. The first-order chi connectivity index (χ1) is 10.0. The Morgan fingerprint density at radius 3 is 2.33 bits per heavy atom. The van der Waals surface area contributed by atoms with Gasteiger partial charge in [-0.1, -0.05) is 36.7 Å². The van der Waals surface area contributed by atoms with E-state index < -0.39 is 0 Å². The molecule has 0 bridgehead atoms. The minimum atomic E-state index is 0.793. The maximum atomic E-state index is 6.23. The van der Waals surface area contributed by atoms with Gasteiger partial charge in [0.2, 0.25) is 0 Å². The molecule has 1 N–H and O–H groups in total. The second kappa shape index (κ2) is 7.11. The van der Waals surface area contributed by atoms with E-state index >= 15 is 0 Å². The Morgan fingerprint density at radius 1 is 0.905 bits per heavy atom. The van der Waals surface area contributed by atoms with Crippen LogP contribution in [0.15, 0.2) is 30.3 Å². The zero-order chi connectivity index (χ0) is 15.4. The number of hydrogen-bond acceptors (Lipinski definition) is 1. The van der Waals surface area contributed by atoms with Gasteiger partial charge in [-0.2, -0.15) is 0 Å². The van der Waals surface area contributed by atoms with Gasteiger partial charge in [-0.3, -0.25) is 0 Å². The van der Waals surface area contributed by atoms with Crippen LogP contribution in [-0.2, 0) is 6.54 Å². The first kappa shape index (κ1) is 16.1. The highest BCUT2D eigenvalue weighted by atomic mass is 35.5. The minimum absolute atomic E-state index is 0.793. The lowest BCUT2D eigenvalue weighted by atomic mass is 9.92. The lowest BCUT2D eigenvalue weighted by Gasteiger charge is -2.15. The van der Waals surface area contributed by atoms with E-state index in [9.17, 15) is 0 Å². The minimum Gasteiger partial charge on any atom is -0.313 e. The first-order valence-corrected chi connectivity index (χ1v) is 7.98. The first-order valence-electron chi connectivity index (χ1n) is 7.60. The van der Waals surface area contributed by atoms with Crippen molar-refractivity contribution in [2.24, 2.45) is 0 Å². The number of nitrogens with one attached hydrogen (secondary N) is 1. The van der Waals surface area contributed by atoms with Crippen LogP contribution in [0, 0.1) is 20.8 Å². The number of aryl methyl sites for hydroxylation is 3. The van der Waals surface area contributed by atoms with Crippen LogP contribution in [-0.4, -0.2) is 6.54 Å². The molecule has 0 radical (unpaired) electrons. The molecule has 0 aromatic heterocycles. The average molecular weight is 302 g/mol. The van der Waals surface area contributed by atoms with Crippen molar-refractivity contribution in [2.75, 3.05) is 6.54 Å². The molecule has 2 aromatic carbocycles. The summed E-state index contributed by atoms with van der Waals surface area (Å²) >= 11 is 6.23. The summed E-state index contributed by atoms with van der Waals surface area (Å²) in [4.78, 5) is 0. The fourth-order valence-corrected chi connectivity index (χ4v) is 2.78. The predicted molar refractivity (Wildman–Crippen MR) is 93.1 cm³/mol. The van der Waals surface area contributed by atoms with Gasteiger partial charge in [0.05, 0.1) is 0 Å². The zero-order valence-electron chi connectivity index (χ0n) is 13.4. The molecule has 0 unspecified atom stereocenters. The van der Waals surface area contributed by atoms with Gasteiger partial charge in [0.1, 0.15) is 0 Å². The predicted octanol–water partition coefficient (Wildman–Crippen LogP) is 5.43. The molecule has 0 aliphatic carbocycles. The van der Waals surface area contributed by atoms with Crippen molar-refractivity contribution in [2.45, 2.75) is 40.7 Å². The molecule has 0 saturated carbocycles. The summed E-state index contributed by atoms with van der Waals surface area (Å²) in [6.45, 7) is 10.6. The molecule has 2 rings (SSSR count). The van der Waals surface area contributed by atoms with Gasteiger partial charge in [0.15, 0.2) is 0 Å². The molecule has 0 aliphatic rings. The Labute approximate surface area is 133 Å². The topological polar surface area (TPSA) is 12.0 Å². The standard InChI is InChI=1S/C19H24ClN/c1-5-8-21-12-16-6-7-17(20)11-19(16)18-10-14(3)13(2)9-15(18)4/h6-7,9-11,21H,5,8,12H2,1-4H3. The molecule has 2 aromatic rings. The second-order valence-corrected chi connectivity index (χ2v) is 6.17. The number of benzene rings is 2. The SMILES string of the molecule is CCCNCc1ccc(Cl)cc1-c1cc(C)c(C)cc1C. The average Bonchev–Trinajstić information content (AvgIpc) is 2.45. The third-order valence-electron chi connectivity index (χ3n) is 3.95. The molecule has 0 amide bonds. The number of hydrogen-bond donors (Lipinski definition) is 1. The van der Waals surface area contributed by atoms with Gasteiger partial charge < -0.3 is 5.32 Å². The molecule has 0 saturated heterocycles. The number of rotatable bonds is 5. The molecule has 2 heteroatoms. The van der Waals surface area contributed by atoms with Crippen LogP contribution in [0.1, 0.15) is 35.6 Å². The van der Waals surface area contributed by atoms with E-state index in [-0.39, 0.29) is 0 Å². The number of halogens is 1. The Balaban J connectivity index is 2.46. The second-order valence-electron chi connectivity index (χ2n) is 5.73. The van der Waals surface area contributed by atoms with Crippen LogP contribution >= 0.6 is 11.6 Å². The summed E-state index contributed by atoms with van der Waals surface area (Å²) in [5.41, 5.74) is 7.80. The molecule has 21 heavy (non-hydrogen) atoms. The lowest BCUT2D eigenvalue weighted by molar-refractivity contribution is 0.676. The normalized spacial score (nSPS) is 10.9. The lowest BCUT2D eigenvalue weighted by Crippen LogP contribution is -2.14. The van der Waals surface area contributed by atoms with E-state index in [0.717, 1.165) is 24.5 Å². The van der Waals surface area contributed by atoms with Crippen molar-refractivity contribution in [1.82, 2.24) is 5.32 Å². The largest absolute Gasteiger partial charge is 0.313 e. The van der Waals surface area contributed by atoms with Crippen molar-refractivity contribution < 1.29 is 0 Å². The summed E-state index contributed by atoms with van der Waals surface area (Å²) in [7, 11) is 0. The Hall–Kier alpha value is -1.31. The van der Waals surface area contributed by atoms with E-state index in [4.69, 9.17) is 11.6 Å². The third-order valence-corrected chi connectivity index (χ3v) is 4.18. The fourth-order valence-electron chi connectivity index (χ4n) is 2.60. The zero-order valence-corrected chi connectivity index (χ0v) is 14.1. The van der Waals surface area contributed by atoms with Crippen LogP contribution in [0.4, 0.5) is 0 Å². The molecule has 0 spiro atoms. The summed E-state index contributed by atoms with van der Waals surface area (Å²) < 4.78 is 0.